The van der Waals surface area contributed by atoms with E-state index < -0.39 is 7.26 Å². The topological polar surface area (TPSA) is 20.2 Å². The zero-order chi connectivity index (χ0) is 15.1. The Morgan fingerprint density at radius 3 is 1.25 bits per heavy atom. The van der Waals surface area contributed by atoms with Crippen molar-refractivity contribution in [2.24, 2.45) is 0 Å². The molecule has 0 heterocycles. The van der Waals surface area contributed by atoms with E-state index in [9.17, 15) is 0 Å². The van der Waals surface area contributed by atoms with E-state index in [1.54, 1.807) is 6.16 Å². The maximum Gasteiger partial charge on any atom is 0.0594 e. The van der Waals surface area contributed by atoms with Gasteiger partial charge in [0.1, 0.15) is 0 Å². The Kier molecular flexibility index (Phi) is 14.6. The van der Waals surface area contributed by atoms with Crippen LogP contribution in [0.15, 0.2) is 0 Å². The summed E-state index contributed by atoms with van der Waals surface area (Å²) in [7, 11) is -0.536. The van der Waals surface area contributed by atoms with Crippen LogP contribution in [0.3, 0.4) is 0 Å². The van der Waals surface area contributed by atoms with Gasteiger partial charge in [0, 0.05) is 13.9 Å². The van der Waals surface area contributed by atoms with Crippen molar-refractivity contribution >= 4 is 7.26 Å². The van der Waals surface area contributed by atoms with E-state index >= 15 is 0 Å². The number of hydrogen-bond donors (Lipinski definition) is 1. The summed E-state index contributed by atoms with van der Waals surface area (Å²) in [5, 5.41) is 8.70. The Labute approximate surface area is 129 Å². The highest BCUT2D eigenvalue weighted by atomic mass is 31.2. The molecular weight excluding hydrogens is 263 g/mol. The second-order valence-corrected chi connectivity index (χ2v) is 11.3. The molecular formula is C18H40OP+. The Hall–Kier alpha value is 0.390. The molecule has 0 aliphatic heterocycles. The highest BCUT2D eigenvalue weighted by Gasteiger charge is 2.29. The minimum absolute atomic E-state index is 0.372. The third kappa shape index (κ3) is 10.2. The predicted molar refractivity (Wildman–Crippen MR) is 96.7 cm³/mol. The minimum atomic E-state index is -0.536. The van der Waals surface area contributed by atoms with Crippen LogP contribution in [0.1, 0.15) is 85.0 Å². The van der Waals surface area contributed by atoms with Crippen molar-refractivity contribution < 1.29 is 5.11 Å². The first kappa shape index (κ1) is 20.4. The van der Waals surface area contributed by atoms with Crippen molar-refractivity contribution in [3.05, 3.63) is 0 Å². The fourth-order valence-corrected chi connectivity index (χ4v) is 6.30. The molecule has 0 fully saturated rings. The second-order valence-electron chi connectivity index (χ2n) is 6.27. The Bertz CT molecular complexity index is 182. The fraction of sp³-hybridized carbons (Fsp3) is 1.00. The number of aliphatic hydroxyl groups is 1. The van der Waals surface area contributed by atoms with Gasteiger partial charge in [0.25, 0.3) is 0 Å². The third-order valence-electron chi connectivity index (χ3n) is 5.05. The largest absolute Gasteiger partial charge is 0.396 e. The van der Waals surface area contributed by atoms with E-state index in [1.165, 1.54) is 76.3 Å². The zero-order valence-corrected chi connectivity index (χ0v) is 15.4. The summed E-state index contributed by atoms with van der Waals surface area (Å²) in [6, 6.07) is 0. The van der Waals surface area contributed by atoms with Gasteiger partial charge in [-0.15, -0.1) is 0 Å². The first-order valence-electron chi connectivity index (χ1n) is 9.20. The lowest BCUT2D eigenvalue weighted by molar-refractivity contribution is 0.282. The van der Waals surface area contributed by atoms with Gasteiger partial charge in [-0.3, -0.25) is 0 Å². The van der Waals surface area contributed by atoms with Crippen molar-refractivity contribution in [2.75, 3.05) is 31.3 Å². The highest BCUT2D eigenvalue weighted by Crippen LogP contribution is 2.58. The van der Waals surface area contributed by atoms with E-state index in [1.807, 2.05) is 0 Å². The van der Waals surface area contributed by atoms with E-state index in [2.05, 4.69) is 20.8 Å². The van der Waals surface area contributed by atoms with Gasteiger partial charge in [-0.2, -0.15) is 0 Å². The van der Waals surface area contributed by atoms with Crippen molar-refractivity contribution in [3.63, 3.8) is 0 Å². The number of hydrogen-bond acceptors (Lipinski definition) is 1. The van der Waals surface area contributed by atoms with Gasteiger partial charge >= 0.3 is 0 Å². The maximum absolute atomic E-state index is 8.70. The van der Waals surface area contributed by atoms with Crippen molar-refractivity contribution in [2.45, 2.75) is 85.0 Å². The highest BCUT2D eigenvalue weighted by molar-refractivity contribution is 7.75. The lowest BCUT2D eigenvalue weighted by atomic mass is 10.1. The van der Waals surface area contributed by atoms with E-state index in [0.29, 0.717) is 6.61 Å². The first-order chi connectivity index (χ1) is 9.74. The summed E-state index contributed by atoms with van der Waals surface area (Å²) in [5.74, 6) is 0. The number of rotatable bonds is 15. The maximum atomic E-state index is 8.70. The molecule has 0 aliphatic rings. The molecule has 0 saturated heterocycles. The summed E-state index contributed by atoms with van der Waals surface area (Å²) < 4.78 is 0. The summed E-state index contributed by atoms with van der Waals surface area (Å²) in [4.78, 5) is 0. The summed E-state index contributed by atoms with van der Waals surface area (Å²) in [6.45, 7) is 7.62. The lowest BCUT2D eigenvalue weighted by Crippen LogP contribution is -2.07. The molecule has 0 aliphatic carbocycles. The molecule has 0 bridgehead atoms. The van der Waals surface area contributed by atoms with Crippen LogP contribution in [0.5, 0.6) is 0 Å². The van der Waals surface area contributed by atoms with Crippen molar-refractivity contribution in [1.29, 1.82) is 0 Å². The fourth-order valence-electron chi connectivity index (χ4n) is 3.12. The van der Waals surface area contributed by atoms with Crippen LogP contribution in [-0.2, 0) is 0 Å². The standard InChI is InChI=1S/C18H40OP/c1-4-20(5-2,6-3)18-16-14-12-10-8-7-9-11-13-15-17-19/h19H,4-18H2,1-3H3/q+1. The Balaban J connectivity index is 3.32. The monoisotopic (exact) mass is 303 g/mol. The number of unbranched alkanes of at least 4 members (excludes halogenated alkanes) is 9. The van der Waals surface area contributed by atoms with Crippen LogP contribution >= 0.6 is 7.26 Å². The van der Waals surface area contributed by atoms with E-state index in [0.717, 1.165) is 6.42 Å². The van der Waals surface area contributed by atoms with Crippen molar-refractivity contribution in [3.8, 4) is 0 Å². The molecule has 0 amide bonds. The SMILES string of the molecule is CC[P+](CC)(CC)CCCCCCCCCCCCO. The molecule has 0 saturated carbocycles. The molecule has 0 spiro atoms. The molecule has 0 aromatic rings. The van der Waals surface area contributed by atoms with Gasteiger partial charge in [-0.25, -0.2) is 0 Å². The van der Waals surface area contributed by atoms with Crippen LogP contribution in [0.25, 0.3) is 0 Å². The molecule has 0 radical (unpaired) electrons. The molecule has 0 aromatic carbocycles. The van der Waals surface area contributed by atoms with Gasteiger partial charge in [-0.05, 0) is 40.0 Å². The van der Waals surface area contributed by atoms with Gasteiger partial charge in [0.15, 0.2) is 0 Å². The van der Waals surface area contributed by atoms with Gasteiger partial charge in [0.05, 0.1) is 24.6 Å². The van der Waals surface area contributed by atoms with E-state index in [4.69, 9.17) is 5.11 Å². The second kappa shape index (κ2) is 14.3. The predicted octanol–water partition coefficient (Wildman–Crippen LogP) is 5.96. The number of aliphatic hydroxyl groups excluding tert-OH is 1. The Morgan fingerprint density at radius 1 is 0.550 bits per heavy atom. The smallest absolute Gasteiger partial charge is 0.0594 e. The molecule has 0 aromatic heterocycles. The summed E-state index contributed by atoms with van der Waals surface area (Å²) in [6.07, 6.45) is 19.5. The Morgan fingerprint density at radius 2 is 0.900 bits per heavy atom. The normalized spacial score (nSPS) is 12.0. The average Bonchev–Trinajstić information content (AvgIpc) is 2.49. The van der Waals surface area contributed by atoms with Crippen LogP contribution in [0.2, 0.25) is 0 Å². The lowest BCUT2D eigenvalue weighted by Gasteiger charge is -2.23. The molecule has 20 heavy (non-hydrogen) atoms. The zero-order valence-electron chi connectivity index (χ0n) is 14.5. The molecule has 1 N–H and O–H groups in total. The van der Waals surface area contributed by atoms with E-state index in [-0.39, 0.29) is 0 Å². The summed E-state index contributed by atoms with van der Waals surface area (Å²) in [5.41, 5.74) is 0. The van der Waals surface area contributed by atoms with Gasteiger partial charge in [0.2, 0.25) is 0 Å². The quantitative estimate of drug-likeness (QED) is 0.292. The van der Waals surface area contributed by atoms with Crippen LogP contribution in [-0.4, -0.2) is 36.4 Å². The third-order valence-corrected chi connectivity index (χ3v) is 10.3. The van der Waals surface area contributed by atoms with Crippen LogP contribution in [0, 0.1) is 0 Å². The molecule has 0 atom stereocenters. The van der Waals surface area contributed by atoms with Gasteiger partial charge in [-0.1, -0.05) is 44.9 Å². The van der Waals surface area contributed by atoms with Crippen LogP contribution in [0.4, 0.5) is 0 Å². The summed E-state index contributed by atoms with van der Waals surface area (Å²) >= 11 is 0. The molecule has 0 unspecified atom stereocenters. The molecule has 122 valence electrons. The minimum Gasteiger partial charge on any atom is -0.396 e. The first-order valence-corrected chi connectivity index (χ1v) is 11.7. The molecule has 2 heteroatoms. The average molecular weight is 303 g/mol. The molecule has 0 rings (SSSR count). The molecule has 1 nitrogen and oxygen atoms in total. The van der Waals surface area contributed by atoms with Crippen molar-refractivity contribution in [1.82, 2.24) is 0 Å². The van der Waals surface area contributed by atoms with Gasteiger partial charge < -0.3 is 5.11 Å². The van der Waals surface area contributed by atoms with Crippen LogP contribution < -0.4 is 0 Å².